The van der Waals surface area contributed by atoms with Crippen LogP contribution in [-0.2, 0) is 0 Å². The molecule has 0 fully saturated rings. The number of carbonyl (C=O) groups is 1. The Bertz CT molecular complexity index is 826. The molecule has 0 radical (unpaired) electrons. The molecule has 0 saturated heterocycles. The van der Waals surface area contributed by atoms with Crippen LogP contribution >= 0.6 is 0 Å². The summed E-state index contributed by atoms with van der Waals surface area (Å²) < 4.78 is 13.2. The molecule has 0 spiro atoms. The fourth-order valence-electron chi connectivity index (χ4n) is 1.97. The van der Waals surface area contributed by atoms with E-state index in [1.54, 1.807) is 6.07 Å². The van der Waals surface area contributed by atoms with Crippen LogP contribution in [0.3, 0.4) is 0 Å². The standard InChI is InChI=1S/C14H9FN2O3/c15-8-2-4-12(18)9(6-8)13-16-10-3-1-7(14(19)20)5-11(10)17-13/h1-6,18H,(H,16,17)(H,19,20). The summed E-state index contributed by atoms with van der Waals surface area (Å²) in [6.45, 7) is 0. The van der Waals surface area contributed by atoms with Gasteiger partial charge < -0.3 is 15.2 Å². The Morgan fingerprint density at radius 2 is 2.00 bits per heavy atom. The molecule has 100 valence electrons. The Morgan fingerprint density at radius 3 is 2.75 bits per heavy atom. The highest BCUT2D eigenvalue weighted by Gasteiger charge is 2.12. The largest absolute Gasteiger partial charge is 0.507 e. The quantitative estimate of drug-likeness (QED) is 0.669. The van der Waals surface area contributed by atoms with Gasteiger partial charge in [0.15, 0.2) is 0 Å². The van der Waals surface area contributed by atoms with E-state index in [4.69, 9.17) is 5.11 Å². The van der Waals surface area contributed by atoms with E-state index >= 15 is 0 Å². The van der Waals surface area contributed by atoms with E-state index < -0.39 is 11.8 Å². The fourth-order valence-corrected chi connectivity index (χ4v) is 1.97. The van der Waals surface area contributed by atoms with Gasteiger partial charge in [-0.2, -0.15) is 0 Å². The van der Waals surface area contributed by atoms with Crippen molar-refractivity contribution in [2.24, 2.45) is 0 Å². The van der Waals surface area contributed by atoms with Crippen LogP contribution in [0.1, 0.15) is 10.4 Å². The first-order valence-electron chi connectivity index (χ1n) is 5.76. The predicted octanol–water partition coefficient (Wildman–Crippen LogP) is 2.77. The number of nitrogens with zero attached hydrogens (tertiary/aromatic N) is 1. The number of rotatable bonds is 2. The summed E-state index contributed by atoms with van der Waals surface area (Å²) in [6, 6.07) is 7.95. The minimum atomic E-state index is -1.04. The number of aromatic nitrogens is 2. The second-order valence-electron chi connectivity index (χ2n) is 4.28. The van der Waals surface area contributed by atoms with Crippen molar-refractivity contribution in [2.45, 2.75) is 0 Å². The lowest BCUT2D eigenvalue weighted by molar-refractivity contribution is 0.0697. The van der Waals surface area contributed by atoms with E-state index in [0.29, 0.717) is 11.0 Å². The SMILES string of the molecule is O=C(O)c1ccc2nc(-c3cc(F)ccc3O)[nH]c2c1. The molecule has 0 aliphatic rings. The van der Waals surface area contributed by atoms with Gasteiger partial charge in [0, 0.05) is 0 Å². The fraction of sp³-hybridized carbons (Fsp3) is 0. The Morgan fingerprint density at radius 1 is 1.20 bits per heavy atom. The maximum absolute atomic E-state index is 13.2. The summed E-state index contributed by atoms with van der Waals surface area (Å²) in [6.07, 6.45) is 0. The van der Waals surface area contributed by atoms with E-state index in [-0.39, 0.29) is 22.7 Å². The Hall–Kier alpha value is -2.89. The lowest BCUT2D eigenvalue weighted by Gasteiger charge is -2.00. The summed E-state index contributed by atoms with van der Waals surface area (Å²) in [7, 11) is 0. The molecule has 1 heterocycles. The molecule has 0 amide bonds. The molecule has 0 unspecified atom stereocenters. The Balaban J connectivity index is 2.17. The molecular formula is C14H9FN2O3. The molecular weight excluding hydrogens is 263 g/mol. The molecule has 3 N–H and O–H groups in total. The molecule has 0 aliphatic heterocycles. The van der Waals surface area contributed by atoms with Gasteiger partial charge in [0.25, 0.3) is 0 Å². The van der Waals surface area contributed by atoms with Crippen LogP contribution in [0, 0.1) is 5.82 Å². The number of fused-ring (bicyclic) bond motifs is 1. The molecule has 0 bridgehead atoms. The normalized spacial score (nSPS) is 10.8. The zero-order valence-electron chi connectivity index (χ0n) is 10.1. The number of aromatic amines is 1. The highest BCUT2D eigenvalue weighted by Crippen LogP contribution is 2.29. The maximum Gasteiger partial charge on any atom is 0.335 e. The molecule has 1 aromatic heterocycles. The zero-order chi connectivity index (χ0) is 14.3. The number of nitrogens with one attached hydrogen (secondary N) is 1. The number of phenolic OH excluding ortho intramolecular Hbond substituents is 1. The van der Waals surface area contributed by atoms with E-state index in [1.807, 2.05) is 0 Å². The molecule has 0 saturated carbocycles. The van der Waals surface area contributed by atoms with Gasteiger partial charge >= 0.3 is 5.97 Å². The molecule has 0 aliphatic carbocycles. The van der Waals surface area contributed by atoms with Gasteiger partial charge in [-0.25, -0.2) is 14.2 Å². The Kier molecular flexibility index (Phi) is 2.64. The van der Waals surface area contributed by atoms with Crippen molar-refractivity contribution in [3.8, 4) is 17.1 Å². The minimum Gasteiger partial charge on any atom is -0.507 e. The number of aromatic carboxylic acids is 1. The van der Waals surface area contributed by atoms with Crippen LogP contribution in [0.5, 0.6) is 5.75 Å². The zero-order valence-corrected chi connectivity index (χ0v) is 10.1. The second-order valence-corrected chi connectivity index (χ2v) is 4.28. The van der Waals surface area contributed by atoms with Crippen LogP contribution in [-0.4, -0.2) is 26.2 Å². The number of hydrogen-bond acceptors (Lipinski definition) is 3. The summed E-state index contributed by atoms with van der Waals surface area (Å²) in [5.41, 5.74) is 1.38. The first-order chi connectivity index (χ1) is 9.54. The molecule has 3 aromatic rings. The molecule has 2 aromatic carbocycles. The predicted molar refractivity (Wildman–Crippen MR) is 70.1 cm³/mol. The first kappa shape index (κ1) is 12.2. The van der Waals surface area contributed by atoms with Crippen molar-refractivity contribution in [2.75, 3.05) is 0 Å². The highest BCUT2D eigenvalue weighted by atomic mass is 19.1. The van der Waals surface area contributed by atoms with Crippen LogP contribution < -0.4 is 0 Å². The smallest absolute Gasteiger partial charge is 0.335 e. The molecule has 0 atom stereocenters. The molecule has 6 heteroatoms. The monoisotopic (exact) mass is 272 g/mol. The van der Waals surface area contributed by atoms with Crippen molar-refractivity contribution < 1.29 is 19.4 Å². The van der Waals surface area contributed by atoms with Crippen molar-refractivity contribution in [3.63, 3.8) is 0 Å². The Labute approximate surface area is 112 Å². The average Bonchev–Trinajstić information content (AvgIpc) is 2.83. The number of benzene rings is 2. The third-order valence-corrected chi connectivity index (χ3v) is 2.94. The second kappa shape index (κ2) is 4.34. The van der Waals surface area contributed by atoms with Gasteiger partial charge in [0.2, 0.25) is 0 Å². The summed E-state index contributed by atoms with van der Waals surface area (Å²) >= 11 is 0. The third kappa shape index (κ3) is 1.97. The van der Waals surface area contributed by atoms with Gasteiger partial charge in [0.05, 0.1) is 22.2 Å². The van der Waals surface area contributed by atoms with Gasteiger partial charge in [0.1, 0.15) is 17.4 Å². The number of phenols is 1. The van der Waals surface area contributed by atoms with Gasteiger partial charge in [-0.15, -0.1) is 0 Å². The summed E-state index contributed by atoms with van der Waals surface area (Å²) in [5, 5.41) is 18.7. The van der Waals surface area contributed by atoms with Crippen molar-refractivity contribution in [3.05, 3.63) is 47.8 Å². The number of H-pyrrole nitrogens is 1. The number of hydrogen-bond donors (Lipinski definition) is 3. The third-order valence-electron chi connectivity index (χ3n) is 2.94. The van der Waals surface area contributed by atoms with Gasteiger partial charge in [-0.05, 0) is 36.4 Å². The molecule has 3 rings (SSSR count). The highest BCUT2D eigenvalue weighted by molar-refractivity contribution is 5.93. The first-order valence-corrected chi connectivity index (χ1v) is 5.76. The van der Waals surface area contributed by atoms with Crippen LogP contribution in [0.4, 0.5) is 4.39 Å². The number of imidazole rings is 1. The number of halogens is 1. The van der Waals surface area contributed by atoms with E-state index in [0.717, 1.165) is 12.1 Å². The number of aromatic hydroxyl groups is 1. The average molecular weight is 272 g/mol. The van der Waals surface area contributed by atoms with E-state index in [1.165, 1.54) is 18.2 Å². The maximum atomic E-state index is 13.2. The van der Waals surface area contributed by atoms with Crippen LogP contribution in [0.2, 0.25) is 0 Å². The lowest BCUT2D eigenvalue weighted by Crippen LogP contribution is -1.94. The van der Waals surface area contributed by atoms with Gasteiger partial charge in [-0.1, -0.05) is 0 Å². The van der Waals surface area contributed by atoms with Crippen LogP contribution in [0.25, 0.3) is 22.4 Å². The number of carboxylic acids is 1. The van der Waals surface area contributed by atoms with Crippen molar-refractivity contribution in [1.82, 2.24) is 9.97 Å². The summed E-state index contributed by atoms with van der Waals surface area (Å²) in [4.78, 5) is 18.0. The topological polar surface area (TPSA) is 86.2 Å². The van der Waals surface area contributed by atoms with Crippen LogP contribution in [0.15, 0.2) is 36.4 Å². The number of carboxylic acid groups (broad SMARTS) is 1. The van der Waals surface area contributed by atoms with Gasteiger partial charge in [-0.3, -0.25) is 0 Å². The molecule has 5 nitrogen and oxygen atoms in total. The summed E-state index contributed by atoms with van der Waals surface area (Å²) in [5.74, 6) is -1.37. The lowest BCUT2D eigenvalue weighted by atomic mass is 10.2. The molecule has 20 heavy (non-hydrogen) atoms. The van der Waals surface area contributed by atoms with E-state index in [9.17, 15) is 14.3 Å². The minimum absolute atomic E-state index is 0.107. The van der Waals surface area contributed by atoms with Crippen molar-refractivity contribution >= 4 is 17.0 Å². The van der Waals surface area contributed by atoms with Crippen molar-refractivity contribution in [1.29, 1.82) is 0 Å². The van der Waals surface area contributed by atoms with E-state index in [2.05, 4.69) is 9.97 Å².